The molecule has 0 radical (unpaired) electrons. The van der Waals surface area contributed by atoms with Crippen molar-refractivity contribution in [1.29, 1.82) is 0 Å². The SMILES string of the molecule is CC(=O)c1c(C)cc(C)c2c1S(=O)CC2c1ccc(C(C)C)cc1. The molecule has 0 aromatic heterocycles. The van der Waals surface area contributed by atoms with Crippen molar-refractivity contribution < 1.29 is 9.00 Å². The zero-order valence-corrected chi connectivity index (χ0v) is 15.8. The van der Waals surface area contributed by atoms with E-state index in [9.17, 15) is 9.00 Å². The Bertz CT molecular complexity index is 832. The zero-order chi connectivity index (χ0) is 17.6. The van der Waals surface area contributed by atoms with E-state index in [1.54, 1.807) is 6.92 Å². The molecule has 1 aliphatic heterocycles. The van der Waals surface area contributed by atoms with E-state index in [0.717, 1.165) is 21.6 Å². The fourth-order valence-corrected chi connectivity index (χ4v) is 5.68. The van der Waals surface area contributed by atoms with E-state index in [4.69, 9.17) is 0 Å². The smallest absolute Gasteiger partial charge is 0.161 e. The minimum Gasteiger partial charge on any atom is -0.294 e. The molecule has 1 aliphatic rings. The molecule has 0 bridgehead atoms. The van der Waals surface area contributed by atoms with Gasteiger partial charge in [-0.2, -0.15) is 0 Å². The van der Waals surface area contributed by atoms with Crippen LogP contribution in [0.5, 0.6) is 0 Å². The topological polar surface area (TPSA) is 34.1 Å². The normalized spacial score (nSPS) is 19.6. The molecule has 0 amide bonds. The molecule has 0 saturated heterocycles. The number of fused-ring (bicyclic) bond motifs is 1. The third-order valence-corrected chi connectivity index (χ3v) is 6.49. The Balaban J connectivity index is 2.15. The number of benzene rings is 2. The van der Waals surface area contributed by atoms with E-state index in [2.05, 4.69) is 51.1 Å². The van der Waals surface area contributed by atoms with Gasteiger partial charge in [0, 0.05) is 17.2 Å². The third-order valence-electron chi connectivity index (χ3n) is 4.98. The van der Waals surface area contributed by atoms with Gasteiger partial charge in [-0.05, 0) is 54.5 Å². The second kappa shape index (κ2) is 6.29. The third kappa shape index (κ3) is 2.75. The summed E-state index contributed by atoms with van der Waals surface area (Å²) >= 11 is 0. The quantitative estimate of drug-likeness (QED) is 0.746. The molecule has 126 valence electrons. The van der Waals surface area contributed by atoms with Crippen molar-refractivity contribution in [3.05, 3.63) is 63.7 Å². The van der Waals surface area contributed by atoms with Crippen LogP contribution >= 0.6 is 0 Å². The van der Waals surface area contributed by atoms with E-state index in [0.29, 0.717) is 17.2 Å². The molecule has 2 aromatic rings. The summed E-state index contributed by atoms with van der Waals surface area (Å²) in [5, 5.41) is 0. The highest BCUT2D eigenvalue weighted by atomic mass is 32.2. The Hall–Kier alpha value is -1.74. The van der Waals surface area contributed by atoms with Gasteiger partial charge in [-0.1, -0.05) is 44.2 Å². The fourth-order valence-electron chi connectivity index (χ4n) is 3.77. The summed E-state index contributed by atoms with van der Waals surface area (Å²) in [4.78, 5) is 12.9. The molecule has 24 heavy (non-hydrogen) atoms. The number of Topliss-reactive ketones (excluding diaryl/α,β-unsaturated/α-hetero) is 1. The first-order valence-electron chi connectivity index (χ1n) is 8.44. The average molecular weight is 340 g/mol. The van der Waals surface area contributed by atoms with Gasteiger partial charge in [-0.3, -0.25) is 9.00 Å². The summed E-state index contributed by atoms with van der Waals surface area (Å²) in [5.74, 6) is 1.19. The maximum atomic E-state index is 12.8. The Morgan fingerprint density at radius 3 is 2.29 bits per heavy atom. The molecular weight excluding hydrogens is 316 g/mol. The van der Waals surface area contributed by atoms with Crippen LogP contribution < -0.4 is 0 Å². The number of carbonyl (C=O) groups excluding carboxylic acids is 1. The van der Waals surface area contributed by atoms with Crippen molar-refractivity contribution in [3.8, 4) is 0 Å². The van der Waals surface area contributed by atoms with Crippen LogP contribution in [0, 0.1) is 13.8 Å². The first-order chi connectivity index (χ1) is 11.3. The number of rotatable bonds is 3. The summed E-state index contributed by atoms with van der Waals surface area (Å²) in [5.41, 5.74) is 6.33. The Morgan fingerprint density at radius 1 is 1.12 bits per heavy atom. The van der Waals surface area contributed by atoms with Gasteiger partial charge in [0.25, 0.3) is 0 Å². The van der Waals surface area contributed by atoms with Gasteiger partial charge in [0.1, 0.15) is 0 Å². The van der Waals surface area contributed by atoms with E-state index < -0.39 is 10.8 Å². The molecule has 2 unspecified atom stereocenters. The maximum absolute atomic E-state index is 12.8. The zero-order valence-electron chi connectivity index (χ0n) is 15.0. The van der Waals surface area contributed by atoms with Crippen LogP contribution in [0.1, 0.15) is 70.8 Å². The largest absolute Gasteiger partial charge is 0.294 e. The predicted octanol–water partition coefficient (Wildman–Crippen LogP) is 4.88. The molecule has 0 saturated carbocycles. The molecule has 2 atom stereocenters. The first kappa shape index (κ1) is 17.1. The second-order valence-electron chi connectivity index (χ2n) is 7.07. The summed E-state index contributed by atoms with van der Waals surface area (Å²) in [6.07, 6.45) is 0. The molecular formula is C21H24O2S. The van der Waals surface area contributed by atoms with Gasteiger partial charge in [0.05, 0.1) is 15.7 Å². The molecule has 3 rings (SSSR count). The lowest BCUT2D eigenvalue weighted by molar-refractivity contribution is 0.101. The first-order valence-corrected chi connectivity index (χ1v) is 9.76. The molecule has 3 heteroatoms. The van der Waals surface area contributed by atoms with Crippen LogP contribution in [-0.4, -0.2) is 15.7 Å². The number of ketones is 1. The van der Waals surface area contributed by atoms with Crippen LogP contribution in [0.15, 0.2) is 35.2 Å². The number of carbonyl (C=O) groups is 1. The number of aryl methyl sites for hydroxylation is 2. The molecule has 0 spiro atoms. The summed E-state index contributed by atoms with van der Waals surface area (Å²) in [6.45, 7) is 9.93. The van der Waals surface area contributed by atoms with Crippen LogP contribution in [0.4, 0.5) is 0 Å². The van der Waals surface area contributed by atoms with E-state index in [1.165, 1.54) is 11.1 Å². The molecule has 1 heterocycles. The molecule has 0 N–H and O–H groups in total. The van der Waals surface area contributed by atoms with Crippen molar-refractivity contribution in [2.75, 3.05) is 5.75 Å². The van der Waals surface area contributed by atoms with Gasteiger partial charge in [-0.15, -0.1) is 0 Å². The maximum Gasteiger partial charge on any atom is 0.161 e. The molecule has 0 aliphatic carbocycles. The lowest BCUT2D eigenvalue weighted by atomic mass is 9.86. The Morgan fingerprint density at radius 2 is 1.75 bits per heavy atom. The van der Waals surface area contributed by atoms with Crippen molar-refractivity contribution in [3.63, 3.8) is 0 Å². The van der Waals surface area contributed by atoms with Crippen LogP contribution in [-0.2, 0) is 10.8 Å². The van der Waals surface area contributed by atoms with Crippen LogP contribution in [0.2, 0.25) is 0 Å². The summed E-state index contributed by atoms with van der Waals surface area (Å²) < 4.78 is 12.8. The van der Waals surface area contributed by atoms with Gasteiger partial charge < -0.3 is 0 Å². The summed E-state index contributed by atoms with van der Waals surface area (Å²) in [6, 6.07) is 10.7. The molecule has 0 fully saturated rings. The van der Waals surface area contributed by atoms with Gasteiger partial charge in [0.2, 0.25) is 0 Å². The van der Waals surface area contributed by atoms with Gasteiger partial charge >= 0.3 is 0 Å². The van der Waals surface area contributed by atoms with Crippen molar-refractivity contribution in [2.45, 2.75) is 51.3 Å². The summed E-state index contributed by atoms with van der Waals surface area (Å²) in [7, 11) is -1.12. The number of hydrogen-bond donors (Lipinski definition) is 0. The highest BCUT2D eigenvalue weighted by molar-refractivity contribution is 7.85. The highest BCUT2D eigenvalue weighted by Crippen LogP contribution is 2.42. The predicted molar refractivity (Wildman–Crippen MR) is 99.6 cm³/mol. The van der Waals surface area contributed by atoms with E-state index >= 15 is 0 Å². The second-order valence-corrected chi connectivity index (χ2v) is 8.50. The van der Waals surface area contributed by atoms with Crippen molar-refractivity contribution in [1.82, 2.24) is 0 Å². The average Bonchev–Trinajstić information content (AvgIpc) is 2.85. The fraction of sp³-hybridized carbons (Fsp3) is 0.381. The van der Waals surface area contributed by atoms with Crippen molar-refractivity contribution in [2.24, 2.45) is 0 Å². The monoisotopic (exact) mass is 340 g/mol. The molecule has 2 nitrogen and oxygen atoms in total. The Labute approximate surface area is 146 Å². The minimum atomic E-state index is -1.12. The highest BCUT2D eigenvalue weighted by Gasteiger charge is 2.35. The van der Waals surface area contributed by atoms with E-state index in [-0.39, 0.29) is 11.7 Å². The number of hydrogen-bond acceptors (Lipinski definition) is 2. The Kier molecular flexibility index (Phi) is 4.48. The lowest BCUT2D eigenvalue weighted by Crippen LogP contribution is -2.06. The van der Waals surface area contributed by atoms with Crippen LogP contribution in [0.3, 0.4) is 0 Å². The van der Waals surface area contributed by atoms with Gasteiger partial charge in [-0.25, -0.2) is 0 Å². The van der Waals surface area contributed by atoms with Crippen molar-refractivity contribution >= 4 is 16.6 Å². The minimum absolute atomic E-state index is 0.00732. The van der Waals surface area contributed by atoms with E-state index in [1.807, 2.05) is 6.92 Å². The standard InChI is InChI=1S/C21H24O2S/c1-12(2)16-6-8-17(9-7-16)18-11-24(23)21-19(15(5)22)13(3)10-14(4)20(18)21/h6-10,12,18H,11H2,1-5H3. The van der Waals surface area contributed by atoms with Crippen LogP contribution in [0.25, 0.3) is 0 Å². The molecule has 2 aromatic carbocycles. The lowest BCUT2D eigenvalue weighted by Gasteiger charge is -2.17. The van der Waals surface area contributed by atoms with Gasteiger partial charge in [0.15, 0.2) is 5.78 Å².